The molecule has 0 unspecified atom stereocenters. The molecule has 8 heteroatoms. The molecule has 0 spiro atoms. The van der Waals surface area contributed by atoms with Crippen LogP contribution < -0.4 is 10.6 Å². The molecule has 0 aromatic heterocycles. The minimum atomic E-state index is -1.32. The average molecular weight is 475 g/mol. The van der Waals surface area contributed by atoms with Gasteiger partial charge in [0.05, 0.1) is 0 Å². The summed E-state index contributed by atoms with van der Waals surface area (Å²) in [7, 11) is 0. The van der Waals surface area contributed by atoms with Gasteiger partial charge in [-0.2, -0.15) is 0 Å². The van der Waals surface area contributed by atoms with Crippen molar-refractivity contribution < 1.29 is 29.3 Å². The number of alkyl carbamates (subject to hydrolysis) is 1. The number of aromatic hydroxyl groups is 1. The number of hydrogen-bond acceptors (Lipinski definition) is 5. The van der Waals surface area contributed by atoms with Gasteiger partial charge in [0.15, 0.2) is 0 Å². The van der Waals surface area contributed by atoms with Gasteiger partial charge in [-0.1, -0.05) is 62.4 Å². The first-order valence-electron chi connectivity index (χ1n) is 11.2. The van der Waals surface area contributed by atoms with Gasteiger partial charge in [0.2, 0.25) is 5.91 Å². The van der Waals surface area contributed by atoms with Crippen molar-refractivity contribution in [2.24, 2.45) is 5.92 Å². The molecule has 1 atom stereocenters. The number of fused-ring (bicyclic) bond motifs is 3. The molecule has 0 bridgehead atoms. The lowest BCUT2D eigenvalue weighted by Gasteiger charge is -2.22. The number of carbonyl (C=O) groups excluding carboxylic acids is 2. The van der Waals surface area contributed by atoms with Crippen LogP contribution in [0.2, 0.25) is 0 Å². The first-order valence-corrected chi connectivity index (χ1v) is 11.2. The smallest absolute Gasteiger partial charge is 0.407 e. The van der Waals surface area contributed by atoms with E-state index < -0.39 is 29.8 Å². The number of anilines is 1. The summed E-state index contributed by atoms with van der Waals surface area (Å²) in [5.74, 6) is -2.64. The predicted octanol–water partition coefficient (Wildman–Crippen LogP) is 4.59. The van der Waals surface area contributed by atoms with Crippen molar-refractivity contribution in [1.29, 1.82) is 0 Å². The SMILES string of the molecule is CC(C)[C@@H](NC(=O)OCC1c2ccccc2-c2ccccc21)C(=O)Nc1ccc(O)c(C(=O)O)c1. The Bertz CT molecular complexity index is 1240. The van der Waals surface area contributed by atoms with E-state index in [0.717, 1.165) is 28.3 Å². The average Bonchev–Trinajstić information content (AvgIpc) is 3.15. The number of carbonyl (C=O) groups is 3. The summed E-state index contributed by atoms with van der Waals surface area (Å²) < 4.78 is 5.55. The van der Waals surface area contributed by atoms with Crippen LogP contribution in [0.15, 0.2) is 66.7 Å². The van der Waals surface area contributed by atoms with E-state index in [9.17, 15) is 19.5 Å². The number of carboxylic acid groups (broad SMARTS) is 1. The van der Waals surface area contributed by atoms with Gasteiger partial charge < -0.3 is 25.6 Å². The summed E-state index contributed by atoms with van der Waals surface area (Å²) in [6.45, 7) is 3.66. The van der Waals surface area contributed by atoms with E-state index in [4.69, 9.17) is 9.84 Å². The zero-order chi connectivity index (χ0) is 25.1. The molecular weight excluding hydrogens is 448 g/mol. The largest absolute Gasteiger partial charge is 0.507 e. The topological polar surface area (TPSA) is 125 Å². The van der Waals surface area contributed by atoms with Crippen molar-refractivity contribution in [3.05, 3.63) is 83.4 Å². The number of aromatic carboxylic acids is 1. The molecule has 4 N–H and O–H groups in total. The number of benzene rings is 3. The fourth-order valence-electron chi connectivity index (χ4n) is 4.31. The van der Waals surface area contributed by atoms with Crippen LogP contribution in [0.1, 0.15) is 41.3 Å². The van der Waals surface area contributed by atoms with Gasteiger partial charge in [0.25, 0.3) is 0 Å². The lowest BCUT2D eigenvalue weighted by Crippen LogP contribution is -2.47. The number of rotatable bonds is 7. The molecule has 4 rings (SSSR count). The Balaban J connectivity index is 1.42. The Labute approximate surface area is 202 Å². The highest BCUT2D eigenvalue weighted by Crippen LogP contribution is 2.44. The van der Waals surface area contributed by atoms with E-state index in [1.54, 1.807) is 13.8 Å². The van der Waals surface area contributed by atoms with Gasteiger partial charge in [0, 0.05) is 11.6 Å². The number of phenols is 1. The molecule has 3 aromatic carbocycles. The Hall–Kier alpha value is -4.33. The second-order valence-electron chi connectivity index (χ2n) is 8.72. The fourth-order valence-corrected chi connectivity index (χ4v) is 4.31. The number of nitrogens with one attached hydrogen (secondary N) is 2. The monoisotopic (exact) mass is 474 g/mol. The first-order chi connectivity index (χ1) is 16.8. The molecule has 0 saturated carbocycles. The molecular formula is C27H26N2O6. The lowest BCUT2D eigenvalue weighted by molar-refractivity contribution is -0.119. The molecule has 8 nitrogen and oxygen atoms in total. The van der Waals surface area contributed by atoms with Crippen LogP contribution in [0.4, 0.5) is 10.5 Å². The van der Waals surface area contributed by atoms with Crippen LogP contribution in [0.3, 0.4) is 0 Å². The summed E-state index contributed by atoms with van der Waals surface area (Å²) in [5, 5.41) is 24.0. The van der Waals surface area contributed by atoms with E-state index in [1.807, 2.05) is 48.5 Å². The maximum Gasteiger partial charge on any atom is 0.407 e. The minimum Gasteiger partial charge on any atom is -0.507 e. The maximum absolute atomic E-state index is 12.9. The van der Waals surface area contributed by atoms with Crippen LogP contribution in [-0.4, -0.2) is 40.8 Å². The first kappa shape index (κ1) is 23.8. The summed E-state index contributed by atoms with van der Waals surface area (Å²) in [5.41, 5.74) is 4.25. The third kappa shape index (κ3) is 4.96. The van der Waals surface area contributed by atoms with Crippen LogP contribution in [-0.2, 0) is 9.53 Å². The molecule has 0 aliphatic heterocycles. The second kappa shape index (κ2) is 9.89. The summed E-state index contributed by atoms with van der Waals surface area (Å²) in [6, 6.07) is 18.8. The molecule has 0 heterocycles. The van der Waals surface area contributed by atoms with Crippen molar-refractivity contribution in [3.8, 4) is 16.9 Å². The number of ether oxygens (including phenoxy) is 1. The molecule has 0 saturated heterocycles. The van der Waals surface area contributed by atoms with E-state index in [1.165, 1.54) is 12.1 Å². The number of carboxylic acids is 1. The van der Waals surface area contributed by atoms with Crippen molar-refractivity contribution in [3.63, 3.8) is 0 Å². The summed E-state index contributed by atoms with van der Waals surface area (Å²) >= 11 is 0. The van der Waals surface area contributed by atoms with Crippen LogP contribution in [0, 0.1) is 5.92 Å². The molecule has 2 amide bonds. The Kier molecular flexibility index (Phi) is 6.73. The van der Waals surface area contributed by atoms with Crippen LogP contribution in [0.25, 0.3) is 11.1 Å². The number of hydrogen-bond donors (Lipinski definition) is 4. The quantitative estimate of drug-likeness (QED) is 0.371. The molecule has 3 aromatic rings. The zero-order valence-corrected chi connectivity index (χ0v) is 19.3. The van der Waals surface area contributed by atoms with Crippen molar-refractivity contribution in [2.75, 3.05) is 11.9 Å². The predicted molar refractivity (Wildman–Crippen MR) is 131 cm³/mol. The highest BCUT2D eigenvalue weighted by Gasteiger charge is 2.30. The highest BCUT2D eigenvalue weighted by molar-refractivity contribution is 5.98. The van der Waals surface area contributed by atoms with Crippen molar-refractivity contribution in [2.45, 2.75) is 25.8 Å². The van der Waals surface area contributed by atoms with E-state index >= 15 is 0 Å². The zero-order valence-electron chi connectivity index (χ0n) is 19.3. The van der Waals surface area contributed by atoms with E-state index in [2.05, 4.69) is 10.6 Å². The Morgan fingerprint density at radius 2 is 1.54 bits per heavy atom. The summed E-state index contributed by atoms with van der Waals surface area (Å²) in [6.07, 6.45) is -0.724. The third-order valence-electron chi connectivity index (χ3n) is 6.06. The van der Waals surface area contributed by atoms with Gasteiger partial charge in [-0.3, -0.25) is 4.79 Å². The van der Waals surface area contributed by atoms with Crippen molar-refractivity contribution >= 4 is 23.7 Å². The minimum absolute atomic E-state index is 0.106. The van der Waals surface area contributed by atoms with Crippen LogP contribution in [0.5, 0.6) is 5.75 Å². The molecule has 35 heavy (non-hydrogen) atoms. The molecule has 0 fully saturated rings. The van der Waals surface area contributed by atoms with Crippen molar-refractivity contribution in [1.82, 2.24) is 5.32 Å². The molecule has 0 radical (unpaired) electrons. The standard InChI is InChI=1S/C27H26N2O6/c1-15(2)24(25(31)28-16-11-12-23(30)21(13-16)26(32)33)29-27(34)35-14-22-19-9-5-3-7-17(19)18-8-4-6-10-20(18)22/h3-13,15,22,24,30H,14H2,1-2H3,(H,28,31)(H,29,34)(H,32,33)/t24-/m1/s1. The molecule has 180 valence electrons. The maximum atomic E-state index is 12.9. The van der Waals surface area contributed by atoms with Gasteiger partial charge in [-0.05, 0) is 46.4 Å². The molecule has 1 aliphatic carbocycles. The Morgan fingerprint density at radius 3 is 2.11 bits per heavy atom. The lowest BCUT2D eigenvalue weighted by atomic mass is 9.98. The molecule has 1 aliphatic rings. The third-order valence-corrected chi connectivity index (χ3v) is 6.06. The van der Waals surface area contributed by atoms with Crippen LogP contribution >= 0.6 is 0 Å². The second-order valence-corrected chi connectivity index (χ2v) is 8.72. The van der Waals surface area contributed by atoms with Gasteiger partial charge in [-0.15, -0.1) is 0 Å². The van der Waals surface area contributed by atoms with Gasteiger partial charge in [0.1, 0.15) is 24.0 Å². The normalized spacial score (nSPS) is 13.0. The summed E-state index contributed by atoms with van der Waals surface area (Å²) in [4.78, 5) is 36.7. The van der Waals surface area contributed by atoms with Gasteiger partial charge >= 0.3 is 12.1 Å². The highest BCUT2D eigenvalue weighted by atomic mass is 16.5. The van der Waals surface area contributed by atoms with E-state index in [0.29, 0.717) is 0 Å². The fraction of sp³-hybridized carbons (Fsp3) is 0.222. The van der Waals surface area contributed by atoms with E-state index in [-0.39, 0.29) is 29.7 Å². The Morgan fingerprint density at radius 1 is 0.943 bits per heavy atom. The number of amides is 2. The van der Waals surface area contributed by atoms with Gasteiger partial charge in [-0.25, -0.2) is 9.59 Å².